The Morgan fingerprint density at radius 1 is 1.12 bits per heavy atom. The van der Waals surface area contributed by atoms with Gasteiger partial charge in [-0.2, -0.15) is 0 Å². The van der Waals surface area contributed by atoms with Crippen LogP contribution in [0.1, 0.15) is 51.4 Å². The molecule has 0 aromatic heterocycles. The molecule has 4 fully saturated rings. The predicted octanol–water partition coefficient (Wildman–Crippen LogP) is 0.893. The van der Waals surface area contributed by atoms with Crippen LogP contribution in [0.2, 0.25) is 0 Å². The standard InChI is InChI=1S/C18H27N3O3/c19-14(22)11-21-12-17(5-2-15(21)23)6-8-20(9-7-17)16(24)13-10-18(13)3-1-4-18/h13H,1-12H2,(H2,19,22)/t13-/m1/s1. The Kier molecular flexibility index (Phi) is 3.62. The Hall–Kier alpha value is -1.59. The van der Waals surface area contributed by atoms with Crippen LogP contribution in [0, 0.1) is 16.7 Å². The highest BCUT2D eigenvalue weighted by Gasteiger charge is 2.61. The number of primary amides is 1. The molecule has 1 atom stereocenters. The summed E-state index contributed by atoms with van der Waals surface area (Å²) in [7, 11) is 0. The Morgan fingerprint density at radius 2 is 1.83 bits per heavy atom. The Balaban J connectivity index is 1.34. The Morgan fingerprint density at radius 3 is 2.38 bits per heavy atom. The highest BCUT2D eigenvalue weighted by atomic mass is 16.2. The highest BCUT2D eigenvalue weighted by molar-refractivity contribution is 5.84. The lowest BCUT2D eigenvalue weighted by atomic mass is 9.72. The average Bonchev–Trinajstić information content (AvgIpc) is 3.27. The first-order valence-corrected chi connectivity index (χ1v) is 9.28. The minimum absolute atomic E-state index is 0.0216. The zero-order chi connectivity index (χ0) is 16.9. The number of carbonyl (C=O) groups excluding carboxylic acids is 3. The van der Waals surface area contributed by atoms with Gasteiger partial charge in [0.1, 0.15) is 0 Å². The first kappa shape index (κ1) is 15.9. The van der Waals surface area contributed by atoms with E-state index in [-0.39, 0.29) is 17.9 Å². The molecule has 6 nitrogen and oxygen atoms in total. The van der Waals surface area contributed by atoms with Gasteiger partial charge in [-0.05, 0) is 49.4 Å². The number of nitrogens with zero attached hydrogens (tertiary/aromatic N) is 2. The molecule has 2 saturated heterocycles. The molecule has 6 heteroatoms. The lowest BCUT2D eigenvalue weighted by Gasteiger charge is -2.47. The van der Waals surface area contributed by atoms with Gasteiger partial charge in [0, 0.05) is 32.0 Å². The van der Waals surface area contributed by atoms with Gasteiger partial charge in [-0.1, -0.05) is 6.42 Å². The van der Waals surface area contributed by atoms with Gasteiger partial charge >= 0.3 is 0 Å². The van der Waals surface area contributed by atoms with Crippen LogP contribution in [0.15, 0.2) is 0 Å². The van der Waals surface area contributed by atoms with Gasteiger partial charge in [0.05, 0.1) is 6.54 Å². The molecule has 2 N–H and O–H groups in total. The number of carbonyl (C=O) groups is 3. The van der Waals surface area contributed by atoms with Crippen LogP contribution >= 0.6 is 0 Å². The molecule has 2 aliphatic carbocycles. The van der Waals surface area contributed by atoms with Gasteiger partial charge in [-0.15, -0.1) is 0 Å². The highest BCUT2D eigenvalue weighted by Crippen LogP contribution is 2.66. The second-order valence-electron chi connectivity index (χ2n) is 8.51. The lowest BCUT2D eigenvalue weighted by Crippen LogP contribution is -2.54. The summed E-state index contributed by atoms with van der Waals surface area (Å²) in [6.07, 6.45) is 8.10. The quantitative estimate of drug-likeness (QED) is 0.832. The predicted molar refractivity (Wildman–Crippen MR) is 87.6 cm³/mol. The third-order valence-electron chi connectivity index (χ3n) is 7.07. The second-order valence-corrected chi connectivity index (χ2v) is 8.51. The maximum Gasteiger partial charge on any atom is 0.237 e. The smallest absolute Gasteiger partial charge is 0.237 e. The number of piperidine rings is 2. The van der Waals surface area contributed by atoms with Crippen molar-refractivity contribution in [3.63, 3.8) is 0 Å². The first-order chi connectivity index (χ1) is 11.4. The normalized spacial score (nSPS) is 30.3. The van der Waals surface area contributed by atoms with E-state index in [4.69, 9.17) is 5.73 Å². The van der Waals surface area contributed by atoms with Crippen molar-refractivity contribution in [3.05, 3.63) is 0 Å². The average molecular weight is 333 g/mol. The molecule has 2 heterocycles. The van der Waals surface area contributed by atoms with E-state index in [1.165, 1.54) is 19.3 Å². The minimum Gasteiger partial charge on any atom is -0.368 e. The van der Waals surface area contributed by atoms with E-state index in [1.807, 2.05) is 0 Å². The van der Waals surface area contributed by atoms with Crippen LogP contribution in [0.3, 0.4) is 0 Å². The molecule has 0 aromatic rings. The molecule has 2 saturated carbocycles. The third kappa shape index (κ3) is 2.60. The van der Waals surface area contributed by atoms with Crippen LogP contribution in [0.5, 0.6) is 0 Å². The van der Waals surface area contributed by atoms with Crippen LogP contribution < -0.4 is 5.73 Å². The fourth-order valence-corrected chi connectivity index (χ4v) is 5.14. The van der Waals surface area contributed by atoms with E-state index < -0.39 is 5.91 Å². The van der Waals surface area contributed by atoms with Gasteiger partial charge in [0.2, 0.25) is 17.7 Å². The van der Waals surface area contributed by atoms with E-state index in [9.17, 15) is 14.4 Å². The summed E-state index contributed by atoms with van der Waals surface area (Å²) in [6.45, 7) is 2.23. The Labute approximate surface area is 142 Å². The van der Waals surface area contributed by atoms with Gasteiger partial charge in [-0.25, -0.2) is 0 Å². The van der Waals surface area contributed by atoms with Crippen LogP contribution in [-0.2, 0) is 14.4 Å². The maximum atomic E-state index is 12.7. The summed E-state index contributed by atoms with van der Waals surface area (Å²) in [4.78, 5) is 39.5. The molecular weight excluding hydrogens is 306 g/mol. The number of rotatable bonds is 3. The van der Waals surface area contributed by atoms with E-state index in [1.54, 1.807) is 4.90 Å². The van der Waals surface area contributed by atoms with E-state index in [0.717, 1.165) is 38.8 Å². The molecule has 132 valence electrons. The summed E-state index contributed by atoms with van der Waals surface area (Å²) in [6, 6.07) is 0. The van der Waals surface area contributed by atoms with Crippen molar-refractivity contribution < 1.29 is 14.4 Å². The fourth-order valence-electron chi connectivity index (χ4n) is 5.14. The molecule has 0 aromatic carbocycles. The number of hydrogen-bond donors (Lipinski definition) is 1. The second kappa shape index (κ2) is 5.46. The number of amides is 3. The monoisotopic (exact) mass is 333 g/mol. The van der Waals surface area contributed by atoms with Crippen molar-refractivity contribution in [2.75, 3.05) is 26.2 Å². The summed E-state index contributed by atoms with van der Waals surface area (Å²) in [5.41, 5.74) is 5.72. The number of hydrogen-bond acceptors (Lipinski definition) is 3. The van der Waals surface area contributed by atoms with E-state index >= 15 is 0 Å². The maximum absolute atomic E-state index is 12.7. The third-order valence-corrected chi connectivity index (χ3v) is 7.07. The van der Waals surface area contributed by atoms with Gasteiger partial charge < -0.3 is 15.5 Å². The minimum atomic E-state index is -0.451. The summed E-state index contributed by atoms with van der Waals surface area (Å²) < 4.78 is 0. The fraction of sp³-hybridized carbons (Fsp3) is 0.833. The van der Waals surface area contributed by atoms with Gasteiger partial charge in [-0.3, -0.25) is 14.4 Å². The summed E-state index contributed by atoms with van der Waals surface area (Å²) >= 11 is 0. The van der Waals surface area contributed by atoms with Crippen molar-refractivity contribution in [2.45, 2.75) is 51.4 Å². The van der Waals surface area contributed by atoms with Crippen LogP contribution in [-0.4, -0.2) is 53.7 Å². The van der Waals surface area contributed by atoms with Crippen molar-refractivity contribution >= 4 is 17.7 Å². The largest absolute Gasteiger partial charge is 0.368 e. The van der Waals surface area contributed by atoms with Crippen molar-refractivity contribution in [1.82, 2.24) is 9.80 Å². The first-order valence-electron chi connectivity index (χ1n) is 9.28. The molecular formula is C18H27N3O3. The zero-order valence-corrected chi connectivity index (χ0v) is 14.3. The molecule has 4 aliphatic rings. The summed E-state index contributed by atoms with van der Waals surface area (Å²) in [5.74, 6) is 0.236. The van der Waals surface area contributed by atoms with Crippen LogP contribution in [0.25, 0.3) is 0 Å². The summed E-state index contributed by atoms with van der Waals surface area (Å²) in [5, 5.41) is 0. The molecule has 0 radical (unpaired) electrons. The SMILES string of the molecule is NC(=O)CN1CC2(CCC1=O)CCN(C(=O)[C@H]1CC13CCC3)CC2. The van der Waals surface area contributed by atoms with E-state index in [2.05, 4.69) is 4.90 Å². The van der Waals surface area contributed by atoms with Gasteiger partial charge in [0.25, 0.3) is 0 Å². The number of nitrogens with two attached hydrogens (primary N) is 1. The molecule has 24 heavy (non-hydrogen) atoms. The Bertz CT molecular complexity index is 576. The molecule has 2 aliphatic heterocycles. The molecule has 4 rings (SSSR count). The molecule has 3 amide bonds. The topological polar surface area (TPSA) is 83.7 Å². The lowest BCUT2D eigenvalue weighted by molar-refractivity contribution is -0.145. The zero-order valence-electron chi connectivity index (χ0n) is 14.3. The van der Waals surface area contributed by atoms with Crippen molar-refractivity contribution in [1.29, 1.82) is 0 Å². The molecule has 0 bridgehead atoms. The van der Waals surface area contributed by atoms with Gasteiger partial charge in [0.15, 0.2) is 0 Å². The molecule has 2 spiro atoms. The number of likely N-dealkylation sites (tertiary alicyclic amines) is 2. The van der Waals surface area contributed by atoms with Crippen molar-refractivity contribution in [3.8, 4) is 0 Å². The van der Waals surface area contributed by atoms with Crippen molar-refractivity contribution in [2.24, 2.45) is 22.5 Å². The molecule has 0 unspecified atom stereocenters. The van der Waals surface area contributed by atoms with E-state index in [0.29, 0.717) is 30.2 Å². The van der Waals surface area contributed by atoms with Crippen LogP contribution in [0.4, 0.5) is 0 Å².